The maximum atomic E-state index is 11.9. The first-order chi connectivity index (χ1) is 9.20. The third-order valence-corrected chi connectivity index (χ3v) is 5.10. The van der Waals surface area contributed by atoms with Crippen molar-refractivity contribution in [2.45, 2.75) is 36.9 Å². The molecule has 0 saturated heterocycles. The molecule has 0 radical (unpaired) electrons. The molecule has 0 aliphatic rings. The van der Waals surface area contributed by atoms with Crippen molar-refractivity contribution in [2.24, 2.45) is 5.92 Å². The number of hydrogen-bond acceptors (Lipinski definition) is 6. The van der Waals surface area contributed by atoms with Crippen LogP contribution in [0.15, 0.2) is 4.34 Å². The highest BCUT2D eigenvalue weighted by atomic mass is 35.5. The highest BCUT2D eigenvalue weighted by Gasteiger charge is 2.21. The molecule has 20 heavy (non-hydrogen) atoms. The molecule has 1 aromatic heterocycles. The number of alkyl halides is 1. The molecule has 1 aromatic rings. The number of halogens is 1. The maximum Gasteiger partial charge on any atom is 0.269 e. The SMILES string of the molecule is CC(=O)Nc1nnc(S(=O)(=O)NCC(Cl)CC(C)C)s1. The van der Waals surface area contributed by atoms with Crippen LogP contribution in [0.4, 0.5) is 5.13 Å². The summed E-state index contributed by atoms with van der Waals surface area (Å²) in [6.07, 6.45) is 0.706. The lowest BCUT2D eigenvalue weighted by atomic mass is 10.1. The summed E-state index contributed by atoms with van der Waals surface area (Å²) in [5, 5.41) is 9.36. The highest BCUT2D eigenvalue weighted by molar-refractivity contribution is 7.91. The van der Waals surface area contributed by atoms with Gasteiger partial charge in [-0.3, -0.25) is 4.79 Å². The van der Waals surface area contributed by atoms with E-state index in [1.54, 1.807) is 0 Å². The number of hydrogen-bond donors (Lipinski definition) is 2. The first-order valence-electron chi connectivity index (χ1n) is 5.95. The predicted octanol–water partition coefficient (Wildman–Crippen LogP) is 1.43. The Bertz CT molecular complexity index is 559. The van der Waals surface area contributed by atoms with Gasteiger partial charge in [-0.15, -0.1) is 21.8 Å². The highest BCUT2D eigenvalue weighted by Crippen LogP contribution is 2.20. The number of amides is 1. The van der Waals surface area contributed by atoms with Crippen molar-refractivity contribution >= 4 is 44.0 Å². The second-order valence-corrected chi connectivity index (χ2v) is 8.17. The van der Waals surface area contributed by atoms with Gasteiger partial charge >= 0.3 is 0 Å². The van der Waals surface area contributed by atoms with E-state index >= 15 is 0 Å². The number of carbonyl (C=O) groups is 1. The van der Waals surface area contributed by atoms with Crippen LogP contribution in [0, 0.1) is 5.92 Å². The largest absolute Gasteiger partial charge is 0.301 e. The minimum atomic E-state index is -3.75. The molecule has 1 atom stereocenters. The normalized spacial score (nSPS) is 13.4. The van der Waals surface area contributed by atoms with E-state index in [9.17, 15) is 13.2 Å². The fourth-order valence-corrected chi connectivity index (χ4v) is 3.97. The molecule has 7 nitrogen and oxygen atoms in total. The van der Waals surface area contributed by atoms with Gasteiger partial charge in [0.25, 0.3) is 10.0 Å². The average Bonchev–Trinajstić information content (AvgIpc) is 2.74. The lowest BCUT2D eigenvalue weighted by Crippen LogP contribution is -2.30. The van der Waals surface area contributed by atoms with Gasteiger partial charge in [0.2, 0.25) is 15.4 Å². The molecule has 0 saturated carbocycles. The van der Waals surface area contributed by atoms with E-state index in [1.807, 2.05) is 13.8 Å². The van der Waals surface area contributed by atoms with Crippen molar-refractivity contribution in [1.82, 2.24) is 14.9 Å². The van der Waals surface area contributed by atoms with Gasteiger partial charge in [-0.2, -0.15) is 0 Å². The molecule has 0 aliphatic heterocycles. The van der Waals surface area contributed by atoms with E-state index in [0.29, 0.717) is 12.3 Å². The van der Waals surface area contributed by atoms with Gasteiger partial charge < -0.3 is 5.32 Å². The molecule has 1 unspecified atom stereocenters. The van der Waals surface area contributed by atoms with Crippen molar-refractivity contribution in [3.63, 3.8) is 0 Å². The van der Waals surface area contributed by atoms with Crippen LogP contribution in [0.25, 0.3) is 0 Å². The van der Waals surface area contributed by atoms with E-state index in [2.05, 4.69) is 20.2 Å². The van der Waals surface area contributed by atoms with Gasteiger partial charge in [-0.25, -0.2) is 13.1 Å². The molecule has 0 aliphatic carbocycles. The van der Waals surface area contributed by atoms with Crippen molar-refractivity contribution in [3.05, 3.63) is 0 Å². The van der Waals surface area contributed by atoms with Crippen LogP contribution >= 0.6 is 22.9 Å². The Hall–Kier alpha value is -0.770. The number of sulfonamides is 1. The second kappa shape index (κ2) is 7.30. The lowest BCUT2D eigenvalue weighted by Gasteiger charge is -2.12. The lowest BCUT2D eigenvalue weighted by molar-refractivity contribution is -0.114. The van der Waals surface area contributed by atoms with Crippen molar-refractivity contribution in [2.75, 3.05) is 11.9 Å². The molecule has 0 spiro atoms. The molecule has 10 heteroatoms. The van der Waals surface area contributed by atoms with Gasteiger partial charge in [-0.05, 0) is 12.3 Å². The van der Waals surface area contributed by atoms with Crippen LogP contribution in [0.2, 0.25) is 0 Å². The predicted molar refractivity (Wildman–Crippen MR) is 78.5 cm³/mol. The molecule has 2 N–H and O–H groups in total. The summed E-state index contributed by atoms with van der Waals surface area (Å²) in [6, 6.07) is 0. The number of nitrogens with zero attached hydrogens (tertiary/aromatic N) is 2. The van der Waals surface area contributed by atoms with Crippen molar-refractivity contribution in [3.8, 4) is 0 Å². The number of carbonyl (C=O) groups excluding carboxylic acids is 1. The summed E-state index contributed by atoms with van der Waals surface area (Å²) in [6.45, 7) is 5.44. The van der Waals surface area contributed by atoms with Gasteiger partial charge in [0.1, 0.15) is 0 Å². The molecule has 0 bridgehead atoms. The molecule has 114 valence electrons. The Balaban J connectivity index is 2.64. The van der Waals surface area contributed by atoms with E-state index < -0.39 is 10.0 Å². The van der Waals surface area contributed by atoms with Crippen LogP contribution in [0.5, 0.6) is 0 Å². The second-order valence-electron chi connectivity index (χ2n) is 4.63. The number of rotatable bonds is 7. The molecule has 0 fully saturated rings. The topological polar surface area (TPSA) is 101 Å². The molecule has 0 aromatic carbocycles. The van der Waals surface area contributed by atoms with E-state index in [4.69, 9.17) is 11.6 Å². The smallest absolute Gasteiger partial charge is 0.269 e. The number of aromatic nitrogens is 2. The van der Waals surface area contributed by atoms with Crippen LogP contribution in [0.1, 0.15) is 27.2 Å². The molecule has 1 rings (SSSR count). The van der Waals surface area contributed by atoms with Crippen LogP contribution in [-0.2, 0) is 14.8 Å². The Morgan fingerprint density at radius 1 is 1.40 bits per heavy atom. The molecular weight excluding hydrogens is 324 g/mol. The van der Waals surface area contributed by atoms with E-state index in [1.165, 1.54) is 6.92 Å². The summed E-state index contributed by atoms with van der Waals surface area (Å²) in [7, 11) is -3.75. The molecular formula is C10H17ClN4O3S2. The number of anilines is 1. The summed E-state index contributed by atoms with van der Waals surface area (Å²) in [5.74, 6) is 0.0470. The zero-order valence-electron chi connectivity index (χ0n) is 11.4. The molecule has 1 amide bonds. The summed E-state index contributed by atoms with van der Waals surface area (Å²) in [5.41, 5.74) is 0. The van der Waals surface area contributed by atoms with Crippen molar-refractivity contribution < 1.29 is 13.2 Å². The third-order valence-electron chi connectivity index (χ3n) is 2.14. The van der Waals surface area contributed by atoms with Gasteiger partial charge in [-0.1, -0.05) is 25.2 Å². The minimum Gasteiger partial charge on any atom is -0.301 e. The van der Waals surface area contributed by atoms with Crippen LogP contribution in [-0.4, -0.2) is 36.4 Å². The zero-order chi connectivity index (χ0) is 15.3. The van der Waals surface area contributed by atoms with Crippen LogP contribution in [0.3, 0.4) is 0 Å². The Morgan fingerprint density at radius 2 is 2.05 bits per heavy atom. The molecule has 1 heterocycles. The Morgan fingerprint density at radius 3 is 2.60 bits per heavy atom. The van der Waals surface area contributed by atoms with Gasteiger partial charge in [0.05, 0.1) is 0 Å². The van der Waals surface area contributed by atoms with Gasteiger partial charge in [0, 0.05) is 18.8 Å². The fourth-order valence-electron chi connectivity index (χ4n) is 1.38. The van der Waals surface area contributed by atoms with Crippen molar-refractivity contribution in [1.29, 1.82) is 0 Å². The van der Waals surface area contributed by atoms with Gasteiger partial charge in [0.15, 0.2) is 0 Å². The first-order valence-corrected chi connectivity index (χ1v) is 8.69. The van der Waals surface area contributed by atoms with Crippen LogP contribution < -0.4 is 10.0 Å². The summed E-state index contributed by atoms with van der Waals surface area (Å²) < 4.78 is 26.1. The summed E-state index contributed by atoms with van der Waals surface area (Å²) in [4.78, 5) is 10.8. The van der Waals surface area contributed by atoms with E-state index in [0.717, 1.165) is 11.3 Å². The van der Waals surface area contributed by atoms with E-state index in [-0.39, 0.29) is 27.3 Å². The monoisotopic (exact) mass is 340 g/mol. The quantitative estimate of drug-likeness (QED) is 0.577. The summed E-state index contributed by atoms with van der Waals surface area (Å²) >= 11 is 6.81. The Labute approximate surface area is 127 Å². The average molecular weight is 341 g/mol. The first kappa shape index (κ1) is 17.3. The standard InChI is InChI=1S/C10H17ClN4O3S2/c1-6(2)4-8(11)5-12-20(17,18)10-15-14-9(19-10)13-7(3)16/h6,8,12H,4-5H2,1-3H3,(H,13,14,16). The fraction of sp³-hybridized carbons (Fsp3) is 0.700. The maximum absolute atomic E-state index is 11.9. The third kappa shape index (κ3) is 5.70. The number of nitrogens with one attached hydrogen (secondary N) is 2. The minimum absolute atomic E-state index is 0.122. The zero-order valence-corrected chi connectivity index (χ0v) is 13.8. The Kier molecular flexibility index (Phi) is 6.31.